The molecule has 0 saturated heterocycles. The maximum absolute atomic E-state index is 12.1. The van der Waals surface area contributed by atoms with Gasteiger partial charge in [-0.3, -0.25) is 4.79 Å². The Morgan fingerprint density at radius 3 is 2.58 bits per heavy atom. The fourth-order valence-corrected chi connectivity index (χ4v) is 3.41. The molecule has 24 heavy (non-hydrogen) atoms. The van der Waals surface area contributed by atoms with Crippen LogP contribution in [0.2, 0.25) is 0 Å². The Hall–Kier alpha value is -2.02. The highest BCUT2D eigenvalue weighted by atomic mass is 16.5. The van der Waals surface area contributed by atoms with E-state index in [0.29, 0.717) is 16.7 Å². The average molecular weight is 328 g/mol. The Labute approximate surface area is 145 Å². The summed E-state index contributed by atoms with van der Waals surface area (Å²) in [6.07, 6.45) is 5.61. The van der Waals surface area contributed by atoms with Gasteiger partial charge in [0.05, 0.1) is 5.56 Å². The second-order valence-electron chi connectivity index (χ2n) is 7.35. The summed E-state index contributed by atoms with van der Waals surface area (Å²) in [5.74, 6) is 1.10. The number of carbonyl (C=O) groups is 1. The van der Waals surface area contributed by atoms with E-state index in [4.69, 9.17) is 10.00 Å². The fraction of sp³-hybridized carbons (Fsp3) is 0.600. The van der Waals surface area contributed by atoms with E-state index >= 15 is 0 Å². The van der Waals surface area contributed by atoms with E-state index in [1.165, 1.54) is 19.3 Å². The molecule has 1 aliphatic carbocycles. The lowest BCUT2D eigenvalue weighted by Gasteiger charge is -2.39. The largest absolute Gasteiger partial charge is 0.482 e. The quantitative estimate of drug-likeness (QED) is 0.857. The van der Waals surface area contributed by atoms with Gasteiger partial charge in [-0.2, -0.15) is 5.26 Å². The van der Waals surface area contributed by atoms with Crippen molar-refractivity contribution in [2.45, 2.75) is 58.9 Å². The Bertz CT molecular complexity index is 596. The summed E-state index contributed by atoms with van der Waals surface area (Å²) < 4.78 is 5.49. The molecule has 1 aromatic rings. The summed E-state index contributed by atoms with van der Waals surface area (Å²) >= 11 is 0. The maximum atomic E-state index is 12.1. The van der Waals surface area contributed by atoms with Crippen LogP contribution >= 0.6 is 0 Å². The smallest absolute Gasteiger partial charge is 0.258 e. The molecular weight excluding hydrogens is 300 g/mol. The van der Waals surface area contributed by atoms with Crippen molar-refractivity contribution in [3.8, 4) is 11.8 Å². The first kappa shape index (κ1) is 18.3. The molecule has 0 aliphatic heterocycles. The van der Waals surface area contributed by atoms with Crippen molar-refractivity contribution in [3.63, 3.8) is 0 Å². The average Bonchev–Trinajstić information content (AvgIpc) is 2.60. The van der Waals surface area contributed by atoms with Gasteiger partial charge in [0.2, 0.25) is 0 Å². The zero-order chi connectivity index (χ0) is 17.6. The van der Waals surface area contributed by atoms with Crippen LogP contribution in [0.4, 0.5) is 0 Å². The van der Waals surface area contributed by atoms with Crippen molar-refractivity contribution >= 4 is 5.91 Å². The number of nitrogens with one attached hydrogen (secondary N) is 1. The van der Waals surface area contributed by atoms with E-state index in [-0.39, 0.29) is 18.6 Å². The number of ether oxygens (including phenoxy) is 1. The molecule has 1 N–H and O–H groups in total. The molecule has 0 heterocycles. The van der Waals surface area contributed by atoms with Crippen molar-refractivity contribution in [1.29, 1.82) is 5.26 Å². The minimum Gasteiger partial charge on any atom is -0.482 e. The summed E-state index contributed by atoms with van der Waals surface area (Å²) in [4.78, 5) is 12.1. The number of amides is 1. The molecule has 130 valence electrons. The maximum Gasteiger partial charge on any atom is 0.258 e. The normalized spacial score (nSPS) is 20.9. The van der Waals surface area contributed by atoms with Crippen LogP contribution < -0.4 is 10.1 Å². The van der Waals surface area contributed by atoms with Gasteiger partial charge in [-0.25, -0.2) is 0 Å². The van der Waals surface area contributed by atoms with Gasteiger partial charge in [0, 0.05) is 6.04 Å². The highest BCUT2D eigenvalue weighted by Gasteiger charge is 2.32. The van der Waals surface area contributed by atoms with E-state index < -0.39 is 0 Å². The minimum absolute atomic E-state index is 0.0426. The molecule has 0 unspecified atom stereocenters. The molecule has 1 aromatic carbocycles. The molecule has 2 rings (SSSR count). The van der Waals surface area contributed by atoms with Gasteiger partial charge in [0.25, 0.3) is 5.91 Å². The van der Waals surface area contributed by atoms with Crippen molar-refractivity contribution in [1.82, 2.24) is 5.32 Å². The van der Waals surface area contributed by atoms with E-state index in [0.717, 1.165) is 18.8 Å². The number of para-hydroxylation sites is 1. The Kier molecular flexibility index (Phi) is 6.25. The van der Waals surface area contributed by atoms with Crippen LogP contribution in [0.1, 0.15) is 58.4 Å². The summed E-state index contributed by atoms with van der Waals surface area (Å²) in [6, 6.07) is 9.29. The molecular formula is C20H28N2O2. The third-order valence-electron chi connectivity index (χ3n) is 5.47. The van der Waals surface area contributed by atoms with Gasteiger partial charge >= 0.3 is 0 Å². The zero-order valence-corrected chi connectivity index (χ0v) is 15.0. The van der Waals surface area contributed by atoms with Crippen LogP contribution in [0.3, 0.4) is 0 Å². The van der Waals surface area contributed by atoms with E-state index in [1.807, 2.05) is 0 Å². The first-order chi connectivity index (χ1) is 11.5. The van der Waals surface area contributed by atoms with Crippen molar-refractivity contribution in [2.75, 3.05) is 6.61 Å². The van der Waals surface area contributed by atoms with Gasteiger partial charge in [-0.05, 0) is 49.1 Å². The number of nitrogens with zero attached hydrogens (tertiary/aromatic N) is 1. The molecule has 0 spiro atoms. The number of nitriles is 1. The van der Waals surface area contributed by atoms with Crippen molar-refractivity contribution in [2.24, 2.45) is 11.3 Å². The van der Waals surface area contributed by atoms with Crippen LogP contribution in [0.25, 0.3) is 0 Å². The van der Waals surface area contributed by atoms with Gasteiger partial charge in [0.15, 0.2) is 6.61 Å². The molecule has 1 saturated carbocycles. The number of hydrogen-bond acceptors (Lipinski definition) is 3. The first-order valence-corrected chi connectivity index (χ1v) is 8.87. The topological polar surface area (TPSA) is 62.1 Å². The second kappa shape index (κ2) is 8.19. The Morgan fingerprint density at radius 1 is 1.29 bits per heavy atom. The molecule has 0 radical (unpaired) electrons. The van der Waals surface area contributed by atoms with Gasteiger partial charge in [0.1, 0.15) is 11.8 Å². The molecule has 1 fully saturated rings. The lowest BCUT2D eigenvalue weighted by atomic mass is 9.69. The summed E-state index contributed by atoms with van der Waals surface area (Å²) in [7, 11) is 0. The predicted molar refractivity (Wildman–Crippen MR) is 94.6 cm³/mol. The number of hydrogen-bond donors (Lipinski definition) is 1. The van der Waals surface area contributed by atoms with E-state index in [1.54, 1.807) is 24.3 Å². The number of carbonyl (C=O) groups excluding carboxylic acids is 1. The van der Waals surface area contributed by atoms with Crippen LogP contribution in [-0.4, -0.2) is 18.6 Å². The van der Waals surface area contributed by atoms with Gasteiger partial charge < -0.3 is 10.1 Å². The third kappa shape index (κ3) is 4.74. The molecule has 4 nitrogen and oxygen atoms in total. The Morgan fingerprint density at radius 2 is 1.96 bits per heavy atom. The highest BCUT2D eigenvalue weighted by Crippen LogP contribution is 2.40. The monoisotopic (exact) mass is 328 g/mol. The van der Waals surface area contributed by atoms with Gasteiger partial charge in [-0.1, -0.05) is 39.3 Å². The minimum atomic E-state index is -0.110. The molecule has 4 heteroatoms. The standard InChI is InChI=1S/C20H28N2O2/c1-4-20(2,3)16-9-11-17(12-10-16)22-19(23)14-24-18-8-6-5-7-15(18)13-21/h5-8,16-17H,4,9-12,14H2,1-3H3,(H,22,23). The van der Waals surface area contributed by atoms with Gasteiger partial charge in [-0.15, -0.1) is 0 Å². The second-order valence-corrected chi connectivity index (χ2v) is 7.35. The van der Waals surface area contributed by atoms with Crippen LogP contribution in [-0.2, 0) is 4.79 Å². The lowest BCUT2D eigenvalue weighted by Crippen LogP contribution is -2.41. The molecule has 1 amide bonds. The van der Waals surface area contributed by atoms with E-state index in [9.17, 15) is 4.79 Å². The van der Waals surface area contributed by atoms with Crippen LogP contribution in [0.5, 0.6) is 5.75 Å². The van der Waals surface area contributed by atoms with Crippen molar-refractivity contribution < 1.29 is 9.53 Å². The lowest BCUT2D eigenvalue weighted by molar-refractivity contribution is -0.124. The zero-order valence-electron chi connectivity index (χ0n) is 15.0. The summed E-state index contributed by atoms with van der Waals surface area (Å²) in [6.45, 7) is 6.90. The number of benzene rings is 1. The first-order valence-electron chi connectivity index (χ1n) is 8.87. The highest BCUT2D eigenvalue weighted by molar-refractivity contribution is 5.77. The third-order valence-corrected chi connectivity index (χ3v) is 5.47. The SMILES string of the molecule is CCC(C)(C)C1CCC(NC(=O)COc2ccccc2C#N)CC1. The van der Waals surface area contributed by atoms with Crippen LogP contribution in [0.15, 0.2) is 24.3 Å². The molecule has 0 atom stereocenters. The molecule has 1 aliphatic rings. The van der Waals surface area contributed by atoms with Crippen LogP contribution in [0, 0.1) is 22.7 Å². The summed E-state index contributed by atoms with van der Waals surface area (Å²) in [5.41, 5.74) is 0.839. The van der Waals surface area contributed by atoms with Crippen molar-refractivity contribution in [3.05, 3.63) is 29.8 Å². The predicted octanol–water partition coefficient (Wildman–Crippen LogP) is 4.05. The number of rotatable bonds is 6. The molecule has 0 aromatic heterocycles. The Balaban J connectivity index is 1.77. The van der Waals surface area contributed by atoms with E-state index in [2.05, 4.69) is 32.2 Å². The molecule has 0 bridgehead atoms. The fourth-order valence-electron chi connectivity index (χ4n) is 3.41. The summed E-state index contributed by atoms with van der Waals surface area (Å²) in [5, 5.41) is 12.1.